The van der Waals surface area contributed by atoms with Crippen LogP contribution < -0.4 is 5.32 Å². The van der Waals surface area contributed by atoms with Crippen molar-refractivity contribution in [2.75, 3.05) is 6.54 Å². The van der Waals surface area contributed by atoms with Gasteiger partial charge in [-0.25, -0.2) is 0 Å². The second-order valence-corrected chi connectivity index (χ2v) is 4.96. The van der Waals surface area contributed by atoms with E-state index in [0.717, 1.165) is 23.8 Å². The molecule has 1 nitrogen and oxygen atoms in total. The van der Waals surface area contributed by atoms with Crippen LogP contribution in [-0.4, -0.2) is 12.6 Å². The van der Waals surface area contributed by atoms with E-state index >= 15 is 0 Å². The molecule has 0 spiro atoms. The fraction of sp³-hybridized carbons (Fsp3) is 1.00. The predicted molar refractivity (Wildman–Crippen MR) is 56.7 cm³/mol. The number of rotatable bonds is 5. The van der Waals surface area contributed by atoms with E-state index in [1.54, 1.807) is 6.42 Å². The van der Waals surface area contributed by atoms with Crippen LogP contribution in [0.1, 0.15) is 46.0 Å². The molecule has 0 saturated heterocycles. The third-order valence-corrected chi connectivity index (χ3v) is 3.95. The minimum Gasteiger partial charge on any atom is -0.314 e. The minimum atomic E-state index is 0.827. The molecule has 2 saturated carbocycles. The summed E-state index contributed by atoms with van der Waals surface area (Å²) in [5.41, 5.74) is 0. The van der Waals surface area contributed by atoms with Crippen molar-refractivity contribution in [2.45, 2.75) is 52.0 Å². The predicted octanol–water partition coefficient (Wildman–Crippen LogP) is 2.81. The Morgan fingerprint density at radius 1 is 1.15 bits per heavy atom. The summed E-state index contributed by atoms with van der Waals surface area (Å²) in [6.45, 7) is 5.80. The van der Waals surface area contributed by atoms with Gasteiger partial charge in [0.05, 0.1) is 0 Å². The summed E-state index contributed by atoms with van der Waals surface area (Å²) in [4.78, 5) is 0. The summed E-state index contributed by atoms with van der Waals surface area (Å²) >= 11 is 0. The van der Waals surface area contributed by atoms with Gasteiger partial charge in [-0.15, -0.1) is 0 Å². The van der Waals surface area contributed by atoms with E-state index in [4.69, 9.17) is 0 Å². The van der Waals surface area contributed by atoms with Crippen molar-refractivity contribution in [3.63, 3.8) is 0 Å². The lowest BCUT2D eigenvalue weighted by Gasteiger charge is -2.24. The van der Waals surface area contributed by atoms with Crippen molar-refractivity contribution >= 4 is 0 Å². The van der Waals surface area contributed by atoms with Gasteiger partial charge in [0.15, 0.2) is 0 Å². The smallest absolute Gasteiger partial charge is 0.00929 e. The molecule has 0 radical (unpaired) electrons. The largest absolute Gasteiger partial charge is 0.314 e. The first kappa shape index (κ1) is 9.51. The highest BCUT2D eigenvalue weighted by atomic mass is 14.9. The van der Waals surface area contributed by atoms with Gasteiger partial charge in [0.2, 0.25) is 0 Å². The number of nitrogens with one attached hydrogen (secondary N) is 1. The van der Waals surface area contributed by atoms with Crippen LogP contribution in [0.15, 0.2) is 0 Å². The summed E-state index contributed by atoms with van der Waals surface area (Å²) in [5.74, 6) is 3.30. The molecule has 0 bridgehead atoms. The van der Waals surface area contributed by atoms with Crippen LogP contribution in [0.2, 0.25) is 0 Å². The van der Waals surface area contributed by atoms with Crippen LogP contribution in [0.5, 0.6) is 0 Å². The standard InChI is InChI=1S/C12H23N/c1-3-5-13-12(4-2)11-7-9-6-10(9)8-11/h9-13H,3-8H2,1-2H3. The summed E-state index contributed by atoms with van der Waals surface area (Å²) in [5, 5.41) is 3.70. The molecule has 0 amide bonds. The molecule has 13 heavy (non-hydrogen) atoms. The fourth-order valence-electron chi connectivity index (χ4n) is 3.06. The third kappa shape index (κ3) is 2.07. The van der Waals surface area contributed by atoms with E-state index in [-0.39, 0.29) is 0 Å². The molecule has 0 aromatic carbocycles. The first-order valence-electron chi connectivity index (χ1n) is 6.08. The Morgan fingerprint density at radius 3 is 2.38 bits per heavy atom. The third-order valence-electron chi connectivity index (χ3n) is 3.95. The second kappa shape index (κ2) is 4.00. The molecule has 1 N–H and O–H groups in total. The molecule has 2 aliphatic carbocycles. The van der Waals surface area contributed by atoms with Crippen LogP contribution in [0.3, 0.4) is 0 Å². The van der Waals surface area contributed by atoms with Gasteiger partial charge in [0.25, 0.3) is 0 Å². The summed E-state index contributed by atoms with van der Waals surface area (Å²) in [6, 6.07) is 0.827. The lowest BCUT2D eigenvalue weighted by atomic mass is 9.92. The van der Waals surface area contributed by atoms with E-state index in [9.17, 15) is 0 Å². The van der Waals surface area contributed by atoms with Crippen LogP contribution in [0, 0.1) is 17.8 Å². The van der Waals surface area contributed by atoms with Crippen molar-refractivity contribution in [1.82, 2.24) is 5.32 Å². The van der Waals surface area contributed by atoms with Crippen molar-refractivity contribution in [2.24, 2.45) is 17.8 Å². The summed E-state index contributed by atoms with van der Waals surface area (Å²) in [6.07, 6.45) is 7.21. The number of hydrogen-bond donors (Lipinski definition) is 1. The lowest BCUT2D eigenvalue weighted by molar-refractivity contribution is 0.327. The normalized spacial score (nSPS) is 38.8. The second-order valence-electron chi connectivity index (χ2n) is 4.96. The molecular formula is C12H23N. The topological polar surface area (TPSA) is 12.0 Å². The molecule has 3 atom stereocenters. The van der Waals surface area contributed by atoms with Gasteiger partial charge in [-0.3, -0.25) is 0 Å². The van der Waals surface area contributed by atoms with Gasteiger partial charge in [-0.05, 0) is 56.4 Å². The molecule has 2 fully saturated rings. The maximum absolute atomic E-state index is 3.70. The van der Waals surface area contributed by atoms with Gasteiger partial charge in [0, 0.05) is 6.04 Å². The van der Waals surface area contributed by atoms with E-state index in [0.29, 0.717) is 0 Å². The van der Waals surface area contributed by atoms with Crippen LogP contribution in [0.4, 0.5) is 0 Å². The quantitative estimate of drug-likeness (QED) is 0.687. The van der Waals surface area contributed by atoms with Crippen LogP contribution in [0.25, 0.3) is 0 Å². The molecule has 0 aromatic rings. The summed E-state index contributed by atoms with van der Waals surface area (Å²) < 4.78 is 0. The van der Waals surface area contributed by atoms with Crippen molar-refractivity contribution in [3.8, 4) is 0 Å². The van der Waals surface area contributed by atoms with E-state index < -0.39 is 0 Å². The maximum Gasteiger partial charge on any atom is 0.00929 e. The van der Waals surface area contributed by atoms with Crippen LogP contribution >= 0.6 is 0 Å². The van der Waals surface area contributed by atoms with Crippen LogP contribution in [-0.2, 0) is 0 Å². The molecule has 0 aliphatic heterocycles. The van der Waals surface area contributed by atoms with Crippen molar-refractivity contribution in [3.05, 3.63) is 0 Å². The van der Waals surface area contributed by atoms with E-state index in [1.807, 2.05) is 0 Å². The van der Waals surface area contributed by atoms with Gasteiger partial charge < -0.3 is 5.32 Å². The fourth-order valence-corrected chi connectivity index (χ4v) is 3.06. The van der Waals surface area contributed by atoms with Gasteiger partial charge in [-0.2, -0.15) is 0 Å². The molecular weight excluding hydrogens is 158 g/mol. The zero-order valence-electron chi connectivity index (χ0n) is 9.05. The highest BCUT2D eigenvalue weighted by Gasteiger charge is 2.47. The zero-order chi connectivity index (χ0) is 9.26. The molecule has 2 aliphatic rings. The Kier molecular flexibility index (Phi) is 2.92. The molecule has 76 valence electrons. The van der Waals surface area contributed by atoms with E-state index in [1.165, 1.54) is 32.2 Å². The van der Waals surface area contributed by atoms with Crippen molar-refractivity contribution in [1.29, 1.82) is 0 Å². The Morgan fingerprint density at radius 2 is 1.85 bits per heavy atom. The number of fused-ring (bicyclic) bond motifs is 1. The Hall–Kier alpha value is -0.0400. The molecule has 0 aromatic heterocycles. The maximum atomic E-state index is 3.70. The zero-order valence-corrected chi connectivity index (χ0v) is 9.05. The monoisotopic (exact) mass is 181 g/mol. The summed E-state index contributed by atoms with van der Waals surface area (Å²) in [7, 11) is 0. The molecule has 3 unspecified atom stereocenters. The highest BCUT2D eigenvalue weighted by Crippen LogP contribution is 2.55. The van der Waals surface area contributed by atoms with Gasteiger partial charge >= 0.3 is 0 Å². The molecule has 1 heteroatoms. The molecule has 2 rings (SSSR count). The van der Waals surface area contributed by atoms with Gasteiger partial charge in [-0.1, -0.05) is 13.8 Å². The SMILES string of the molecule is CCCNC(CC)C1CC2CC2C1. The van der Waals surface area contributed by atoms with Gasteiger partial charge in [0.1, 0.15) is 0 Å². The average Bonchev–Trinajstić information content (AvgIpc) is 2.75. The first-order chi connectivity index (χ1) is 6.35. The Balaban J connectivity index is 1.75. The lowest BCUT2D eigenvalue weighted by Crippen LogP contribution is -2.35. The minimum absolute atomic E-state index is 0.827. The molecule has 0 heterocycles. The number of hydrogen-bond acceptors (Lipinski definition) is 1. The Bertz CT molecular complexity index is 157. The average molecular weight is 181 g/mol. The van der Waals surface area contributed by atoms with Crippen molar-refractivity contribution < 1.29 is 0 Å². The van der Waals surface area contributed by atoms with E-state index in [2.05, 4.69) is 19.2 Å². The Labute approximate surface area is 82.3 Å². The first-order valence-corrected chi connectivity index (χ1v) is 6.08. The highest BCUT2D eigenvalue weighted by molar-refractivity contribution is 4.98.